The molecule has 0 saturated heterocycles. The summed E-state index contributed by atoms with van der Waals surface area (Å²) in [6.07, 6.45) is 9.08. The molecule has 0 amide bonds. The maximum absolute atomic E-state index is 5.78. The summed E-state index contributed by atoms with van der Waals surface area (Å²) < 4.78 is 71.6. The molecule has 0 atom stereocenters. The van der Waals surface area contributed by atoms with E-state index in [0.717, 1.165) is 17.5 Å². The van der Waals surface area contributed by atoms with Crippen LogP contribution in [0.2, 0.25) is 0 Å². The Morgan fingerprint density at radius 2 is 0.611 bits per heavy atom. The number of rotatable bonds is 46. The Morgan fingerprint density at radius 3 is 0.926 bits per heavy atom. The fourth-order valence-corrected chi connectivity index (χ4v) is 4.88. The van der Waals surface area contributed by atoms with Crippen LogP contribution >= 0.6 is 15.9 Å². The lowest BCUT2D eigenvalue weighted by atomic mass is 10.0. The smallest absolute Gasteiger partial charge is 0.119 e. The Morgan fingerprint density at radius 1 is 0.333 bits per heavy atom. The lowest BCUT2D eigenvalue weighted by molar-refractivity contribution is -0.0284. The van der Waals surface area contributed by atoms with E-state index in [4.69, 9.17) is 61.6 Å². The van der Waals surface area contributed by atoms with E-state index in [1.807, 2.05) is 0 Å². The van der Waals surface area contributed by atoms with E-state index in [1.54, 1.807) is 0 Å². The number of benzene rings is 1. The van der Waals surface area contributed by atoms with Crippen LogP contribution < -0.4 is 4.74 Å². The summed E-state index contributed by atoms with van der Waals surface area (Å²) in [5.41, 5.74) is 1.38. The number of halogens is 1. The molecule has 54 heavy (non-hydrogen) atoms. The molecule has 1 aromatic rings. The molecule has 0 saturated carbocycles. The van der Waals surface area contributed by atoms with Crippen molar-refractivity contribution in [2.24, 2.45) is 0 Å². The van der Waals surface area contributed by atoms with Gasteiger partial charge in [-0.3, -0.25) is 0 Å². The fraction of sp³-hybridized carbons (Fsp3) is 0.850. The van der Waals surface area contributed by atoms with Gasteiger partial charge in [0, 0.05) is 5.33 Å². The topological polar surface area (TPSA) is 120 Å². The third-order valence-electron chi connectivity index (χ3n) is 7.55. The summed E-state index contributed by atoms with van der Waals surface area (Å²) in [6, 6.07) is 8.44. The van der Waals surface area contributed by atoms with Gasteiger partial charge in [-0.05, 0) is 30.5 Å². The van der Waals surface area contributed by atoms with Crippen molar-refractivity contribution in [3.8, 4) is 5.75 Å². The monoisotopic (exact) mass is 840 g/mol. The van der Waals surface area contributed by atoms with Crippen LogP contribution in [0.15, 0.2) is 24.3 Å². The van der Waals surface area contributed by atoms with Gasteiger partial charge < -0.3 is 61.6 Å². The first-order valence-corrected chi connectivity index (χ1v) is 21.2. The molecule has 0 aliphatic rings. The molecule has 0 aliphatic carbocycles. The van der Waals surface area contributed by atoms with Crippen LogP contribution in [0.5, 0.6) is 5.75 Å². The number of alkyl halides is 1. The molecule has 1 rings (SSSR count). The van der Waals surface area contributed by atoms with Gasteiger partial charge in [0.15, 0.2) is 0 Å². The van der Waals surface area contributed by atoms with Gasteiger partial charge in [0.1, 0.15) is 12.4 Å². The number of hydrogen-bond acceptors (Lipinski definition) is 13. The van der Waals surface area contributed by atoms with E-state index in [0.29, 0.717) is 165 Å². The molecule has 14 heteroatoms. The summed E-state index contributed by atoms with van der Waals surface area (Å²) >= 11 is 3.30. The van der Waals surface area contributed by atoms with Gasteiger partial charge in [-0.2, -0.15) is 0 Å². The molecule has 0 N–H and O–H groups in total. The number of unbranched alkanes of at least 4 members (excludes halogenated alkanes) is 5. The average Bonchev–Trinajstić information content (AvgIpc) is 3.19. The van der Waals surface area contributed by atoms with Crippen LogP contribution in [0, 0.1) is 0 Å². The van der Waals surface area contributed by atoms with Crippen molar-refractivity contribution in [2.75, 3.05) is 171 Å². The van der Waals surface area contributed by atoms with Crippen molar-refractivity contribution in [2.45, 2.75) is 51.9 Å². The predicted molar refractivity (Wildman–Crippen MR) is 213 cm³/mol. The zero-order valence-corrected chi connectivity index (χ0v) is 34.9. The van der Waals surface area contributed by atoms with Gasteiger partial charge in [-0.1, -0.05) is 67.1 Å². The van der Waals surface area contributed by atoms with Crippen molar-refractivity contribution in [1.29, 1.82) is 0 Å². The summed E-state index contributed by atoms with van der Waals surface area (Å²) in [4.78, 5) is 0. The molecule has 0 radical (unpaired) electrons. The second kappa shape index (κ2) is 44.7. The molecular formula is C40H73BrO13. The van der Waals surface area contributed by atoms with Crippen LogP contribution in [-0.4, -0.2) is 171 Å². The van der Waals surface area contributed by atoms with Crippen LogP contribution in [-0.2, 0) is 63.3 Å². The second-order valence-electron chi connectivity index (χ2n) is 12.0. The summed E-state index contributed by atoms with van der Waals surface area (Å²) in [5, 5.41) is 0.837. The lowest BCUT2D eigenvalue weighted by Crippen LogP contribution is -2.15. The Hall–Kier alpha value is -0.980. The van der Waals surface area contributed by atoms with Gasteiger partial charge in [0.05, 0.1) is 159 Å². The molecule has 0 aliphatic heterocycles. The van der Waals surface area contributed by atoms with Crippen molar-refractivity contribution in [3.05, 3.63) is 29.8 Å². The molecule has 0 unspecified atom stereocenters. The van der Waals surface area contributed by atoms with Gasteiger partial charge in [-0.25, -0.2) is 0 Å². The third-order valence-corrected chi connectivity index (χ3v) is 7.88. The number of aryl methyl sites for hydroxylation is 1. The molecule has 0 aromatic heterocycles. The Kier molecular flexibility index (Phi) is 42.3. The first-order chi connectivity index (χ1) is 26.9. The van der Waals surface area contributed by atoms with Crippen molar-refractivity contribution in [3.63, 3.8) is 0 Å². The molecule has 0 spiro atoms. The third kappa shape index (κ3) is 39.3. The normalized spacial score (nSPS) is 11.5. The maximum Gasteiger partial charge on any atom is 0.119 e. The minimum atomic E-state index is 0.510. The van der Waals surface area contributed by atoms with E-state index >= 15 is 0 Å². The molecular weight excluding hydrogens is 768 g/mol. The molecule has 318 valence electrons. The minimum absolute atomic E-state index is 0.510. The summed E-state index contributed by atoms with van der Waals surface area (Å²) in [5.74, 6) is 0.885. The summed E-state index contributed by atoms with van der Waals surface area (Å²) in [6.45, 7) is 15.6. The highest BCUT2D eigenvalue weighted by molar-refractivity contribution is 9.09. The van der Waals surface area contributed by atoms with Crippen molar-refractivity contribution < 1.29 is 61.6 Å². The zero-order chi connectivity index (χ0) is 38.5. The second-order valence-corrected chi connectivity index (χ2v) is 12.8. The van der Waals surface area contributed by atoms with Crippen molar-refractivity contribution in [1.82, 2.24) is 0 Å². The van der Waals surface area contributed by atoms with Gasteiger partial charge >= 0.3 is 0 Å². The first kappa shape index (κ1) is 51.0. The zero-order valence-electron chi connectivity index (χ0n) is 33.3. The Bertz CT molecular complexity index is 841. The van der Waals surface area contributed by atoms with Crippen LogP contribution in [0.3, 0.4) is 0 Å². The standard InChI is InChI=1S/C40H73BrO13/c1-2-3-4-5-6-7-8-39-9-11-40(12-10-39)54-38-37-53-36-35-52-34-33-51-32-31-50-30-29-49-28-27-48-26-25-47-24-23-46-22-21-45-20-19-44-18-17-43-16-15-42-14-13-41/h9-12H,2-8,13-38H2,1H3. The SMILES string of the molecule is CCCCCCCCc1ccc(OCCOCCOCCOCCOCCOCCOCCOCCOCCOCCOCCOCCOCCBr)cc1. The van der Waals surface area contributed by atoms with Gasteiger partial charge in [0.25, 0.3) is 0 Å². The van der Waals surface area contributed by atoms with E-state index in [2.05, 4.69) is 47.1 Å². The maximum atomic E-state index is 5.78. The highest BCUT2D eigenvalue weighted by Gasteiger charge is 1.99. The lowest BCUT2D eigenvalue weighted by Gasteiger charge is -2.09. The summed E-state index contributed by atoms with van der Waals surface area (Å²) in [7, 11) is 0. The largest absolute Gasteiger partial charge is 0.491 e. The van der Waals surface area contributed by atoms with E-state index in [9.17, 15) is 0 Å². The predicted octanol–water partition coefficient (Wildman–Crippen LogP) is 5.56. The molecule has 13 nitrogen and oxygen atoms in total. The van der Waals surface area contributed by atoms with Crippen molar-refractivity contribution >= 4 is 15.9 Å². The van der Waals surface area contributed by atoms with Crippen LogP contribution in [0.25, 0.3) is 0 Å². The van der Waals surface area contributed by atoms with Crippen LogP contribution in [0.4, 0.5) is 0 Å². The number of ether oxygens (including phenoxy) is 13. The highest BCUT2D eigenvalue weighted by atomic mass is 79.9. The molecule has 0 bridgehead atoms. The fourth-order valence-electron chi connectivity index (χ4n) is 4.66. The Labute approximate surface area is 334 Å². The van der Waals surface area contributed by atoms with Crippen LogP contribution in [0.1, 0.15) is 51.0 Å². The average molecular weight is 842 g/mol. The highest BCUT2D eigenvalue weighted by Crippen LogP contribution is 2.15. The molecule has 1 aromatic carbocycles. The van der Waals surface area contributed by atoms with E-state index in [1.165, 1.54) is 44.1 Å². The molecule has 0 heterocycles. The minimum Gasteiger partial charge on any atom is -0.491 e. The Balaban J connectivity index is 1.66. The number of hydrogen-bond donors (Lipinski definition) is 0. The van der Waals surface area contributed by atoms with Gasteiger partial charge in [0.2, 0.25) is 0 Å². The van der Waals surface area contributed by atoms with E-state index in [-0.39, 0.29) is 0 Å². The quantitative estimate of drug-likeness (QED) is 0.0603. The molecule has 0 fully saturated rings. The van der Waals surface area contributed by atoms with E-state index < -0.39 is 0 Å². The van der Waals surface area contributed by atoms with Gasteiger partial charge in [-0.15, -0.1) is 0 Å². The first-order valence-electron chi connectivity index (χ1n) is 20.1.